The van der Waals surface area contributed by atoms with Gasteiger partial charge in [-0.15, -0.1) is 0 Å². The number of ether oxygens (including phenoxy) is 2. The zero-order valence-electron chi connectivity index (χ0n) is 6.92. The summed E-state index contributed by atoms with van der Waals surface area (Å²) in [6, 6.07) is 7.70. The lowest BCUT2D eigenvalue weighted by molar-refractivity contribution is 0.171. The van der Waals surface area contributed by atoms with Gasteiger partial charge in [0.2, 0.25) is 0 Å². The third-order valence-corrected chi connectivity index (χ3v) is 1.45. The third-order valence-electron chi connectivity index (χ3n) is 1.45. The second kappa shape index (κ2) is 4.59. The summed E-state index contributed by atoms with van der Waals surface area (Å²) in [5, 5.41) is 0. The first-order chi connectivity index (χ1) is 5.97. The standard InChI is InChI=1S/C8H8O2.CH3F/c1-2-4-8-7(3-1)9-5-6-10-8;1-2/h1-4H,5-6H2;1H3. The SMILES string of the molecule is CF.c1ccc2c(c1)OCCO2. The molecule has 1 aliphatic rings. The number of rotatable bonds is 0. The average Bonchev–Trinajstić information content (AvgIpc) is 2.21. The lowest BCUT2D eigenvalue weighted by Gasteiger charge is -2.17. The highest BCUT2D eigenvalue weighted by Gasteiger charge is 2.07. The molecule has 0 aliphatic carbocycles. The Balaban J connectivity index is 0.000000336. The van der Waals surface area contributed by atoms with Crippen LogP contribution in [0, 0.1) is 0 Å². The molecule has 0 saturated heterocycles. The van der Waals surface area contributed by atoms with Gasteiger partial charge in [-0.05, 0) is 12.1 Å². The van der Waals surface area contributed by atoms with Crippen LogP contribution in [-0.4, -0.2) is 20.4 Å². The molecule has 1 aliphatic heterocycles. The van der Waals surface area contributed by atoms with Gasteiger partial charge in [-0.3, -0.25) is 4.39 Å². The molecule has 0 unspecified atom stereocenters. The van der Waals surface area contributed by atoms with E-state index in [1.807, 2.05) is 24.3 Å². The maximum Gasteiger partial charge on any atom is 0.161 e. The fraction of sp³-hybridized carbons (Fsp3) is 0.333. The van der Waals surface area contributed by atoms with Crippen molar-refractivity contribution < 1.29 is 13.9 Å². The Bertz CT molecular complexity index is 213. The first-order valence-corrected chi connectivity index (χ1v) is 3.69. The number of halogens is 1. The monoisotopic (exact) mass is 170 g/mol. The Kier molecular flexibility index (Phi) is 3.38. The summed E-state index contributed by atoms with van der Waals surface area (Å²) in [5.41, 5.74) is 0. The summed E-state index contributed by atoms with van der Waals surface area (Å²) in [6.45, 7) is 1.33. The number of alkyl halides is 1. The number of fused-ring (bicyclic) bond motifs is 1. The lowest BCUT2D eigenvalue weighted by Crippen LogP contribution is -2.14. The van der Waals surface area contributed by atoms with Crippen LogP contribution in [0.4, 0.5) is 4.39 Å². The second-order valence-corrected chi connectivity index (χ2v) is 2.14. The molecule has 0 saturated carbocycles. The van der Waals surface area contributed by atoms with Crippen LogP contribution < -0.4 is 9.47 Å². The molecule has 2 nitrogen and oxygen atoms in total. The molecule has 0 amide bonds. The van der Waals surface area contributed by atoms with Crippen LogP contribution in [0.25, 0.3) is 0 Å². The van der Waals surface area contributed by atoms with Gasteiger partial charge in [-0.25, -0.2) is 0 Å². The molecule has 0 radical (unpaired) electrons. The van der Waals surface area contributed by atoms with Crippen molar-refractivity contribution in [3.05, 3.63) is 24.3 Å². The normalized spacial score (nSPS) is 12.8. The van der Waals surface area contributed by atoms with E-state index in [0.29, 0.717) is 20.4 Å². The Hall–Kier alpha value is -1.25. The van der Waals surface area contributed by atoms with E-state index in [2.05, 4.69) is 0 Å². The molecule has 1 aromatic carbocycles. The van der Waals surface area contributed by atoms with Crippen LogP contribution in [0.3, 0.4) is 0 Å². The van der Waals surface area contributed by atoms with Crippen molar-refractivity contribution in [2.45, 2.75) is 0 Å². The summed E-state index contributed by atoms with van der Waals surface area (Å²) >= 11 is 0. The van der Waals surface area contributed by atoms with Gasteiger partial charge in [-0.1, -0.05) is 12.1 Å². The highest BCUT2D eigenvalue weighted by Crippen LogP contribution is 2.28. The Morgan fingerprint density at radius 2 is 1.42 bits per heavy atom. The summed E-state index contributed by atoms with van der Waals surface area (Å²) in [7, 11) is 0.500. The van der Waals surface area contributed by atoms with Crippen molar-refractivity contribution in [1.82, 2.24) is 0 Å². The van der Waals surface area contributed by atoms with Crippen molar-refractivity contribution in [3.8, 4) is 11.5 Å². The van der Waals surface area contributed by atoms with Crippen LogP contribution in [0.15, 0.2) is 24.3 Å². The van der Waals surface area contributed by atoms with E-state index in [0.717, 1.165) is 11.5 Å². The van der Waals surface area contributed by atoms with E-state index >= 15 is 0 Å². The van der Waals surface area contributed by atoms with E-state index in [1.165, 1.54) is 0 Å². The largest absolute Gasteiger partial charge is 0.486 e. The third kappa shape index (κ3) is 1.87. The van der Waals surface area contributed by atoms with Gasteiger partial charge < -0.3 is 9.47 Å². The minimum absolute atomic E-state index is 0.500. The molecule has 0 fully saturated rings. The molecule has 1 aromatic rings. The summed E-state index contributed by atoms with van der Waals surface area (Å²) in [5.74, 6) is 1.71. The minimum Gasteiger partial charge on any atom is -0.486 e. The number of hydrogen-bond donors (Lipinski definition) is 0. The van der Waals surface area contributed by atoms with E-state index in [4.69, 9.17) is 9.47 Å². The molecule has 0 spiro atoms. The molecule has 1 heterocycles. The number of benzene rings is 1. The lowest BCUT2D eigenvalue weighted by atomic mass is 10.3. The Morgan fingerprint density at radius 1 is 1.00 bits per heavy atom. The van der Waals surface area contributed by atoms with E-state index < -0.39 is 0 Å². The molecule has 0 N–H and O–H groups in total. The zero-order valence-corrected chi connectivity index (χ0v) is 6.92. The second-order valence-electron chi connectivity index (χ2n) is 2.14. The molecule has 3 heteroatoms. The quantitative estimate of drug-likeness (QED) is 0.593. The molecule has 0 aromatic heterocycles. The van der Waals surface area contributed by atoms with Crippen molar-refractivity contribution in [2.24, 2.45) is 0 Å². The fourth-order valence-corrected chi connectivity index (χ4v) is 0.992. The first kappa shape index (κ1) is 8.84. The summed E-state index contributed by atoms with van der Waals surface area (Å²) < 4.78 is 20.1. The van der Waals surface area contributed by atoms with Gasteiger partial charge in [0.1, 0.15) is 13.2 Å². The van der Waals surface area contributed by atoms with E-state index in [-0.39, 0.29) is 0 Å². The average molecular weight is 170 g/mol. The number of para-hydroxylation sites is 2. The number of hydrogen-bond acceptors (Lipinski definition) is 2. The highest BCUT2D eigenvalue weighted by molar-refractivity contribution is 5.40. The zero-order chi connectivity index (χ0) is 8.81. The molecular formula is C9H11FO2. The van der Waals surface area contributed by atoms with Gasteiger partial charge in [0, 0.05) is 0 Å². The maximum atomic E-state index is 9.50. The topological polar surface area (TPSA) is 18.5 Å². The van der Waals surface area contributed by atoms with Crippen LogP contribution in [0.5, 0.6) is 11.5 Å². The van der Waals surface area contributed by atoms with Crippen LogP contribution in [-0.2, 0) is 0 Å². The van der Waals surface area contributed by atoms with Crippen LogP contribution in [0.1, 0.15) is 0 Å². The maximum absolute atomic E-state index is 9.50. The Labute approximate surface area is 70.9 Å². The van der Waals surface area contributed by atoms with Crippen molar-refractivity contribution in [3.63, 3.8) is 0 Å². The minimum atomic E-state index is 0.500. The molecule has 0 atom stereocenters. The predicted octanol–water partition coefficient (Wildman–Crippen LogP) is 2.04. The first-order valence-electron chi connectivity index (χ1n) is 3.69. The Morgan fingerprint density at radius 3 is 1.83 bits per heavy atom. The molecule has 2 rings (SSSR count). The van der Waals surface area contributed by atoms with Crippen molar-refractivity contribution in [1.29, 1.82) is 0 Å². The molecule has 12 heavy (non-hydrogen) atoms. The van der Waals surface area contributed by atoms with Gasteiger partial charge in [0.25, 0.3) is 0 Å². The predicted molar refractivity (Wildman–Crippen MR) is 44.5 cm³/mol. The molecule has 66 valence electrons. The summed E-state index contributed by atoms with van der Waals surface area (Å²) in [6.07, 6.45) is 0. The molecular weight excluding hydrogens is 159 g/mol. The van der Waals surface area contributed by atoms with Gasteiger partial charge in [0.05, 0.1) is 7.18 Å². The smallest absolute Gasteiger partial charge is 0.161 e. The van der Waals surface area contributed by atoms with Crippen LogP contribution >= 0.6 is 0 Å². The van der Waals surface area contributed by atoms with Gasteiger partial charge in [0.15, 0.2) is 11.5 Å². The van der Waals surface area contributed by atoms with Gasteiger partial charge in [-0.2, -0.15) is 0 Å². The van der Waals surface area contributed by atoms with Crippen molar-refractivity contribution in [2.75, 3.05) is 20.4 Å². The van der Waals surface area contributed by atoms with E-state index in [9.17, 15) is 4.39 Å². The fourth-order valence-electron chi connectivity index (χ4n) is 0.992. The van der Waals surface area contributed by atoms with Crippen molar-refractivity contribution >= 4 is 0 Å². The van der Waals surface area contributed by atoms with Gasteiger partial charge >= 0.3 is 0 Å². The van der Waals surface area contributed by atoms with Crippen LogP contribution in [0.2, 0.25) is 0 Å². The highest BCUT2D eigenvalue weighted by atomic mass is 19.1. The molecule has 0 bridgehead atoms. The van der Waals surface area contributed by atoms with E-state index in [1.54, 1.807) is 0 Å². The summed E-state index contributed by atoms with van der Waals surface area (Å²) in [4.78, 5) is 0.